The molecule has 2 rings (SSSR count). The molecule has 0 amide bonds. The lowest BCUT2D eigenvalue weighted by Crippen LogP contribution is -2.14. The van der Waals surface area contributed by atoms with Crippen molar-refractivity contribution in [2.75, 3.05) is 0 Å². The Balaban J connectivity index is 2.57. The number of rotatable bonds is 2. The first-order valence-electron chi connectivity index (χ1n) is 4.85. The molecule has 0 aliphatic rings. The molecule has 0 saturated heterocycles. The second-order valence-corrected chi connectivity index (χ2v) is 4.53. The van der Waals surface area contributed by atoms with E-state index in [4.69, 9.17) is 0 Å². The number of H-pyrrole nitrogens is 1. The van der Waals surface area contributed by atoms with Crippen molar-refractivity contribution in [3.8, 4) is 5.69 Å². The molecular weight excluding hydrogens is 294 g/mol. The Morgan fingerprint density at radius 1 is 1.35 bits per heavy atom. The first-order valence-corrected chi connectivity index (χ1v) is 5.65. The number of aryl methyl sites for hydroxylation is 1. The first-order chi connectivity index (χ1) is 7.99. The number of aromatic nitrogens is 2. The SMILES string of the molecule is Cc1cc(Br)ccc1-n1[nH]c(C(F)F)cc1=O. The molecule has 0 bridgehead atoms. The molecule has 0 radical (unpaired) electrons. The molecule has 0 saturated carbocycles. The van der Waals surface area contributed by atoms with Crippen LogP contribution in [0.3, 0.4) is 0 Å². The highest BCUT2D eigenvalue weighted by Gasteiger charge is 2.14. The minimum Gasteiger partial charge on any atom is -0.289 e. The Kier molecular flexibility index (Phi) is 3.15. The van der Waals surface area contributed by atoms with Crippen molar-refractivity contribution in [3.63, 3.8) is 0 Å². The monoisotopic (exact) mass is 302 g/mol. The van der Waals surface area contributed by atoms with Crippen LogP contribution >= 0.6 is 15.9 Å². The molecule has 0 spiro atoms. The number of hydrogen-bond donors (Lipinski definition) is 1. The molecule has 1 N–H and O–H groups in total. The van der Waals surface area contributed by atoms with Crippen molar-refractivity contribution in [1.82, 2.24) is 9.78 Å². The topological polar surface area (TPSA) is 37.8 Å². The minimum atomic E-state index is -2.68. The molecule has 0 fully saturated rings. The Labute approximate surface area is 104 Å². The van der Waals surface area contributed by atoms with E-state index in [1.165, 1.54) is 0 Å². The fourth-order valence-corrected chi connectivity index (χ4v) is 2.05. The standard InChI is InChI=1S/C11H9BrF2N2O/c1-6-4-7(12)2-3-9(6)16-10(17)5-8(15-16)11(13)14/h2-5,11,15H,1H3. The van der Waals surface area contributed by atoms with Crippen molar-refractivity contribution in [2.45, 2.75) is 13.3 Å². The number of alkyl halides is 2. The van der Waals surface area contributed by atoms with E-state index in [0.717, 1.165) is 20.8 Å². The molecule has 1 aromatic heterocycles. The van der Waals surface area contributed by atoms with Gasteiger partial charge in [-0.3, -0.25) is 9.89 Å². The lowest BCUT2D eigenvalue weighted by Gasteiger charge is -2.06. The second-order valence-electron chi connectivity index (χ2n) is 3.62. The van der Waals surface area contributed by atoms with Gasteiger partial charge in [0.05, 0.1) is 5.69 Å². The number of benzene rings is 1. The van der Waals surface area contributed by atoms with E-state index in [1.54, 1.807) is 19.1 Å². The van der Waals surface area contributed by atoms with E-state index in [1.807, 2.05) is 6.07 Å². The summed E-state index contributed by atoms with van der Waals surface area (Å²) in [6, 6.07) is 6.15. The minimum absolute atomic E-state index is 0.377. The molecule has 0 atom stereocenters. The van der Waals surface area contributed by atoms with Crippen molar-refractivity contribution in [2.24, 2.45) is 0 Å². The molecule has 0 unspecified atom stereocenters. The van der Waals surface area contributed by atoms with Crippen molar-refractivity contribution in [3.05, 3.63) is 50.3 Å². The van der Waals surface area contributed by atoms with Gasteiger partial charge in [0.15, 0.2) is 0 Å². The molecule has 1 aromatic carbocycles. The lowest BCUT2D eigenvalue weighted by atomic mass is 10.2. The highest BCUT2D eigenvalue weighted by molar-refractivity contribution is 9.10. The Bertz CT molecular complexity index is 604. The summed E-state index contributed by atoms with van der Waals surface area (Å²) in [6.07, 6.45) is -2.68. The second kappa shape index (κ2) is 4.44. The zero-order chi connectivity index (χ0) is 12.6. The van der Waals surface area contributed by atoms with Gasteiger partial charge < -0.3 is 0 Å². The van der Waals surface area contributed by atoms with Gasteiger partial charge in [-0.15, -0.1) is 0 Å². The third-order valence-corrected chi connectivity index (χ3v) is 2.87. The Morgan fingerprint density at radius 3 is 2.59 bits per heavy atom. The van der Waals surface area contributed by atoms with Crippen LogP contribution in [-0.4, -0.2) is 9.78 Å². The summed E-state index contributed by atoms with van der Waals surface area (Å²) in [6.45, 7) is 1.80. The van der Waals surface area contributed by atoms with Crippen LogP contribution in [0.2, 0.25) is 0 Å². The van der Waals surface area contributed by atoms with Crippen LogP contribution in [0.15, 0.2) is 33.5 Å². The summed E-state index contributed by atoms with van der Waals surface area (Å²) < 4.78 is 26.9. The smallest absolute Gasteiger partial charge is 0.279 e. The molecule has 3 nitrogen and oxygen atoms in total. The van der Waals surface area contributed by atoms with Crippen molar-refractivity contribution >= 4 is 15.9 Å². The molecule has 0 aliphatic heterocycles. The van der Waals surface area contributed by atoms with Gasteiger partial charge in [-0.1, -0.05) is 15.9 Å². The maximum atomic E-state index is 12.4. The first kappa shape index (κ1) is 12.0. The average Bonchev–Trinajstić information content (AvgIpc) is 2.61. The van der Waals surface area contributed by atoms with E-state index in [0.29, 0.717) is 5.69 Å². The highest BCUT2D eigenvalue weighted by atomic mass is 79.9. The lowest BCUT2D eigenvalue weighted by molar-refractivity contribution is 0.145. The largest absolute Gasteiger partial charge is 0.289 e. The average molecular weight is 303 g/mol. The van der Waals surface area contributed by atoms with Gasteiger partial charge in [-0.25, -0.2) is 13.5 Å². The number of aromatic amines is 1. The number of hydrogen-bond acceptors (Lipinski definition) is 1. The molecule has 17 heavy (non-hydrogen) atoms. The summed E-state index contributed by atoms with van der Waals surface area (Å²) >= 11 is 3.30. The summed E-state index contributed by atoms with van der Waals surface area (Å²) in [5.74, 6) is 0. The fourth-order valence-electron chi connectivity index (χ4n) is 1.57. The van der Waals surface area contributed by atoms with E-state index in [9.17, 15) is 13.6 Å². The molecule has 2 aromatic rings. The van der Waals surface area contributed by atoms with Crippen LogP contribution in [0.25, 0.3) is 5.69 Å². The predicted molar refractivity (Wildman–Crippen MR) is 63.8 cm³/mol. The number of nitrogens with one attached hydrogen (secondary N) is 1. The predicted octanol–water partition coefficient (Wildman–Crippen LogP) is 3.17. The van der Waals surface area contributed by atoms with Gasteiger partial charge in [0.2, 0.25) is 0 Å². The quantitative estimate of drug-likeness (QED) is 0.909. The molecule has 6 heteroatoms. The third kappa shape index (κ3) is 2.31. The Morgan fingerprint density at radius 2 is 2.06 bits per heavy atom. The summed E-state index contributed by atoms with van der Waals surface area (Å²) in [7, 11) is 0. The van der Waals surface area contributed by atoms with Crippen molar-refractivity contribution < 1.29 is 8.78 Å². The van der Waals surface area contributed by atoms with Crippen LogP contribution in [-0.2, 0) is 0 Å². The van der Waals surface area contributed by atoms with Crippen LogP contribution in [0.5, 0.6) is 0 Å². The molecule has 90 valence electrons. The van der Waals surface area contributed by atoms with Gasteiger partial charge >= 0.3 is 0 Å². The zero-order valence-corrected chi connectivity index (χ0v) is 10.5. The summed E-state index contributed by atoms with van der Waals surface area (Å²) in [4.78, 5) is 11.6. The maximum absolute atomic E-state index is 12.4. The molecule has 0 aliphatic carbocycles. The molecular formula is C11H9BrF2N2O. The number of halogens is 3. The van der Waals surface area contributed by atoms with E-state index < -0.39 is 12.0 Å². The van der Waals surface area contributed by atoms with Gasteiger partial charge in [-0.05, 0) is 30.7 Å². The highest BCUT2D eigenvalue weighted by Crippen LogP contribution is 2.19. The van der Waals surface area contributed by atoms with Gasteiger partial charge in [0.1, 0.15) is 5.69 Å². The van der Waals surface area contributed by atoms with Gasteiger partial charge in [0.25, 0.3) is 12.0 Å². The van der Waals surface area contributed by atoms with Crippen LogP contribution in [0.1, 0.15) is 17.7 Å². The van der Waals surface area contributed by atoms with Gasteiger partial charge in [0, 0.05) is 10.5 Å². The number of nitrogens with zero attached hydrogens (tertiary/aromatic N) is 1. The molecule has 1 heterocycles. The van der Waals surface area contributed by atoms with Crippen molar-refractivity contribution in [1.29, 1.82) is 0 Å². The van der Waals surface area contributed by atoms with Gasteiger partial charge in [-0.2, -0.15) is 0 Å². The fraction of sp³-hybridized carbons (Fsp3) is 0.182. The zero-order valence-electron chi connectivity index (χ0n) is 8.88. The normalized spacial score (nSPS) is 11.1. The third-order valence-electron chi connectivity index (χ3n) is 2.38. The van der Waals surface area contributed by atoms with Crippen LogP contribution in [0.4, 0.5) is 8.78 Å². The summed E-state index contributed by atoms with van der Waals surface area (Å²) in [5, 5.41) is 2.40. The van der Waals surface area contributed by atoms with E-state index in [-0.39, 0.29) is 5.69 Å². The van der Waals surface area contributed by atoms with E-state index >= 15 is 0 Å². The maximum Gasteiger partial charge on any atom is 0.279 e. The van der Waals surface area contributed by atoms with Crippen LogP contribution < -0.4 is 5.56 Å². The van der Waals surface area contributed by atoms with E-state index in [2.05, 4.69) is 21.0 Å². The summed E-state index contributed by atoms with van der Waals surface area (Å²) in [5.41, 5.74) is 0.497. The van der Waals surface area contributed by atoms with Crippen LogP contribution in [0, 0.1) is 6.92 Å². The Hall–Kier alpha value is -1.43.